The van der Waals surface area contributed by atoms with Gasteiger partial charge >= 0.3 is 0 Å². The van der Waals surface area contributed by atoms with Gasteiger partial charge < -0.3 is 20.3 Å². The summed E-state index contributed by atoms with van der Waals surface area (Å²) in [6, 6.07) is 20.8. The lowest BCUT2D eigenvalue weighted by molar-refractivity contribution is -0.118. The quantitative estimate of drug-likeness (QED) is 0.485. The fraction of sp³-hybridized carbons (Fsp3) is 0.276. The third kappa shape index (κ3) is 5.57. The molecule has 3 aromatic carbocycles. The van der Waals surface area contributed by atoms with Gasteiger partial charge in [-0.1, -0.05) is 32.0 Å². The van der Waals surface area contributed by atoms with Gasteiger partial charge in [-0.2, -0.15) is 0 Å². The smallest absolute Gasteiger partial charge is 0.258 e. The monoisotopic (exact) mass is 485 g/mol. The molecule has 1 atom stereocenters. The van der Waals surface area contributed by atoms with E-state index in [0.717, 1.165) is 12.1 Å². The van der Waals surface area contributed by atoms with Crippen LogP contribution in [0.3, 0.4) is 0 Å². The van der Waals surface area contributed by atoms with Gasteiger partial charge in [0.2, 0.25) is 5.91 Å². The average molecular weight is 486 g/mol. The molecule has 2 N–H and O–H groups in total. The molecule has 0 aliphatic carbocycles. The highest BCUT2D eigenvalue weighted by atomic mass is 16.5. The third-order valence-electron chi connectivity index (χ3n) is 6.19. The molecular weight excluding hydrogens is 454 g/mol. The lowest BCUT2D eigenvalue weighted by Gasteiger charge is -2.22. The molecule has 0 spiro atoms. The van der Waals surface area contributed by atoms with Gasteiger partial charge in [0.1, 0.15) is 11.8 Å². The van der Waals surface area contributed by atoms with Gasteiger partial charge in [0.25, 0.3) is 11.8 Å². The Morgan fingerprint density at radius 3 is 2.25 bits per heavy atom. The van der Waals surface area contributed by atoms with E-state index in [1.807, 2.05) is 45.0 Å². The van der Waals surface area contributed by atoms with Crippen molar-refractivity contribution >= 4 is 29.1 Å². The van der Waals surface area contributed by atoms with Crippen molar-refractivity contribution < 1.29 is 19.1 Å². The molecule has 1 aliphatic heterocycles. The number of nitrogens with one attached hydrogen (secondary N) is 2. The number of anilines is 2. The van der Waals surface area contributed by atoms with Crippen LogP contribution in [-0.2, 0) is 11.2 Å². The van der Waals surface area contributed by atoms with Crippen LogP contribution in [0.2, 0.25) is 0 Å². The minimum absolute atomic E-state index is 0.0690. The Balaban J connectivity index is 1.39. The molecule has 4 rings (SSSR count). The van der Waals surface area contributed by atoms with Crippen LogP contribution in [0.1, 0.15) is 47.1 Å². The number of ether oxygens (including phenoxy) is 1. The van der Waals surface area contributed by atoms with Crippen molar-refractivity contribution in [1.82, 2.24) is 5.32 Å². The van der Waals surface area contributed by atoms with E-state index in [1.54, 1.807) is 53.4 Å². The number of carbonyl (C=O) groups is 3. The van der Waals surface area contributed by atoms with E-state index in [1.165, 1.54) is 5.56 Å². The van der Waals surface area contributed by atoms with E-state index < -0.39 is 6.04 Å². The zero-order valence-electron chi connectivity index (χ0n) is 20.8. The Kier molecular flexibility index (Phi) is 7.68. The number of hydrogen-bond acceptors (Lipinski definition) is 4. The largest absolute Gasteiger partial charge is 0.494 e. The fourth-order valence-electron chi connectivity index (χ4n) is 4.25. The topological polar surface area (TPSA) is 87.7 Å². The SMILES string of the molecule is CCOc1ccc(C(=O)NC(C(=O)Nc2ccc(C(=O)N3CCc4ccccc43)cc2)C(C)C)cc1. The Hall–Kier alpha value is -4.13. The van der Waals surface area contributed by atoms with Crippen molar-refractivity contribution in [2.24, 2.45) is 5.92 Å². The van der Waals surface area contributed by atoms with Gasteiger partial charge in [0, 0.05) is 29.0 Å². The summed E-state index contributed by atoms with van der Waals surface area (Å²) in [7, 11) is 0. The first-order valence-corrected chi connectivity index (χ1v) is 12.2. The van der Waals surface area contributed by atoms with Gasteiger partial charge in [-0.3, -0.25) is 14.4 Å². The van der Waals surface area contributed by atoms with Crippen LogP contribution in [-0.4, -0.2) is 36.9 Å². The number of hydrogen-bond donors (Lipinski definition) is 2. The number of rotatable bonds is 8. The molecule has 1 unspecified atom stereocenters. The Morgan fingerprint density at radius 1 is 0.917 bits per heavy atom. The van der Waals surface area contributed by atoms with Gasteiger partial charge in [0.05, 0.1) is 6.61 Å². The van der Waals surface area contributed by atoms with Crippen LogP contribution in [0.5, 0.6) is 5.75 Å². The summed E-state index contributed by atoms with van der Waals surface area (Å²) in [6.07, 6.45) is 0.842. The Morgan fingerprint density at radius 2 is 1.58 bits per heavy atom. The fourth-order valence-corrected chi connectivity index (χ4v) is 4.25. The molecule has 0 aromatic heterocycles. The lowest BCUT2D eigenvalue weighted by atomic mass is 10.0. The van der Waals surface area contributed by atoms with E-state index in [9.17, 15) is 14.4 Å². The molecule has 0 radical (unpaired) electrons. The van der Waals surface area contributed by atoms with Crippen LogP contribution in [0.15, 0.2) is 72.8 Å². The van der Waals surface area contributed by atoms with Crippen LogP contribution in [0, 0.1) is 5.92 Å². The first-order chi connectivity index (χ1) is 17.4. The third-order valence-corrected chi connectivity index (χ3v) is 6.19. The highest BCUT2D eigenvalue weighted by Gasteiger charge is 2.26. The standard InChI is InChI=1S/C29H31N3O4/c1-4-36-24-15-11-21(12-16-24)27(33)31-26(19(2)3)28(34)30-23-13-9-22(10-14-23)29(35)32-18-17-20-7-5-6-8-25(20)32/h5-16,19,26H,4,17-18H2,1-3H3,(H,30,34)(H,31,33). The maximum absolute atomic E-state index is 13.0. The summed E-state index contributed by atoms with van der Waals surface area (Å²) < 4.78 is 5.41. The number of para-hydroxylation sites is 1. The van der Waals surface area contributed by atoms with Crippen molar-refractivity contribution in [3.8, 4) is 5.75 Å². The number of fused-ring (bicyclic) bond motifs is 1. The maximum atomic E-state index is 13.0. The van der Waals surface area contributed by atoms with E-state index in [2.05, 4.69) is 10.6 Å². The second-order valence-corrected chi connectivity index (χ2v) is 9.05. The summed E-state index contributed by atoms with van der Waals surface area (Å²) in [6.45, 7) is 6.84. The van der Waals surface area contributed by atoms with Crippen LogP contribution in [0.4, 0.5) is 11.4 Å². The summed E-state index contributed by atoms with van der Waals surface area (Å²) in [5, 5.41) is 5.69. The van der Waals surface area contributed by atoms with Gasteiger partial charge in [0.15, 0.2) is 0 Å². The number of nitrogens with zero attached hydrogens (tertiary/aromatic N) is 1. The molecular formula is C29H31N3O4. The Labute approximate surface area is 211 Å². The van der Waals surface area contributed by atoms with E-state index >= 15 is 0 Å². The molecule has 186 valence electrons. The minimum atomic E-state index is -0.730. The number of benzene rings is 3. The van der Waals surface area contributed by atoms with Crippen molar-refractivity contribution in [3.05, 3.63) is 89.5 Å². The molecule has 7 nitrogen and oxygen atoms in total. The predicted octanol–water partition coefficient (Wildman–Crippen LogP) is 4.68. The van der Waals surface area contributed by atoms with E-state index in [-0.39, 0.29) is 23.6 Å². The van der Waals surface area contributed by atoms with Crippen molar-refractivity contribution in [2.45, 2.75) is 33.2 Å². The zero-order chi connectivity index (χ0) is 25.7. The van der Waals surface area contributed by atoms with Gasteiger partial charge in [-0.05, 0) is 79.4 Å². The summed E-state index contributed by atoms with van der Waals surface area (Å²) in [5.74, 6) is -0.174. The molecule has 1 aliphatic rings. The minimum Gasteiger partial charge on any atom is -0.494 e. The normalized spacial score (nSPS) is 13.2. The molecule has 36 heavy (non-hydrogen) atoms. The van der Waals surface area contributed by atoms with Crippen LogP contribution >= 0.6 is 0 Å². The Bertz CT molecular complexity index is 1240. The van der Waals surface area contributed by atoms with E-state index in [4.69, 9.17) is 4.74 Å². The second-order valence-electron chi connectivity index (χ2n) is 9.05. The molecule has 7 heteroatoms. The maximum Gasteiger partial charge on any atom is 0.258 e. The predicted molar refractivity (Wildman–Crippen MR) is 141 cm³/mol. The van der Waals surface area contributed by atoms with Gasteiger partial charge in [-0.25, -0.2) is 0 Å². The number of amides is 3. The van der Waals surface area contributed by atoms with Gasteiger partial charge in [-0.15, -0.1) is 0 Å². The molecule has 3 amide bonds. The number of carbonyl (C=O) groups excluding carboxylic acids is 3. The lowest BCUT2D eigenvalue weighted by Crippen LogP contribution is -2.47. The summed E-state index contributed by atoms with van der Waals surface area (Å²) in [4.78, 5) is 40.6. The molecule has 0 bridgehead atoms. The summed E-state index contributed by atoms with van der Waals surface area (Å²) >= 11 is 0. The van der Waals surface area contributed by atoms with Crippen LogP contribution in [0.25, 0.3) is 0 Å². The first-order valence-electron chi connectivity index (χ1n) is 12.2. The second kappa shape index (κ2) is 11.1. The zero-order valence-corrected chi connectivity index (χ0v) is 20.8. The summed E-state index contributed by atoms with van der Waals surface area (Å²) in [5.41, 5.74) is 3.67. The van der Waals surface area contributed by atoms with Crippen LogP contribution < -0.4 is 20.3 Å². The highest BCUT2D eigenvalue weighted by molar-refractivity contribution is 6.07. The first kappa shape index (κ1) is 25.0. The van der Waals surface area contributed by atoms with Crippen molar-refractivity contribution in [3.63, 3.8) is 0 Å². The van der Waals surface area contributed by atoms with Crippen molar-refractivity contribution in [1.29, 1.82) is 0 Å². The van der Waals surface area contributed by atoms with E-state index in [0.29, 0.717) is 35.7 Å². The molecule has 1 heterocycles. The average Bonchev–Trinajstić information content (AvgIpc) is 3.32. The molecule has 0 saturated heterocycles. The van der Waals surface area contributed by atoms with Crippen molar-refractivity contribution in [2.75, 3.05) is 23.4 Å². The molecule has 3 aromatic rings. The highest BCUT2D eigenvalue weighted by Crippen LogP contribution is 2.29. The molecule has 0 fully saturated rings. The molecule has 0 saturated carbocycles.